The van der Waals surface area contributed by atoms with E-state index in [0.29, 0.717) is 29.7 Å². The molecule has 35 heavy (non-hydrogen) atoms. The smallest absolute Gasteiger partial charge is 0.338 e. The zero-order chi connectivity index (χ0) is 24.4. The monoisotopic (exact) mass is 476 g/mol. The number of benzene rings is 1. The molecule has 1 aromatic rings. The van der Waals surface area contributed by atoms with Crippen molar-refractivity contribution < 1.29 is 19.1 Å². The second-order valence-corrected chi connectivity index (χ2v) is 12.9. The Morgan fingerprint density at radius 3 is 2.51 bits per heavy atom. The fraction of sp³-hybridized carbons (Fsp3) is 0.677. The van der Waals surface area contributed by atoms with Crippen LogP contribution >= 0.6 is 0 Å². The Balaban J connectivity index is 1.19. The van der Waals surface area contributed by atoms with Gasteiger partial charge in [0.15, 0.2) is 0 Å². The molecule has 4 fully saturated rings. The van der Waals surface area contributed by atoms with Crippen LogP contribution in [-0.2, 0) is 14.3 Å². The van der Waals surface area contributed by atoms with E-state index in [2.05, 4.69) is 26.8 Å². The van der Waals surface area contributed by atoms with E-state index in [4.69, 9.17) is 9.47 Å². The number of fused-ring (bicyclic) bond motifs is 5. The predicted octanol–water partition coefficient (Wildman–Crippen LogP) is 6.89. The zero-order valence-corrected chi connectivity index (χ0v) is 21.6. The summed E-state index contributed by atoms with van der Waals surface area (Å²) >= 11 is 0. The topological polar surface area (TPSA) is 52.6 Å². The van der Waals surface area contributed by atoms with Gasteiger partial charge in [0, 0.05) is 18.8 Å². The summed E-state index contributed by atoms with van der Waals surface area (Å²) in [5.41, 5.74) is 2.40. The molecule has 1 saturated heterocycles. The van der Waals surface area contributed by atoms with Gasteiger partial charge in [0.1, 0.15) is 11.7 Å². The highest BCUT2D eigenvalue weighted by molar-refractivity contribution is 5.89. The molecule has 1 heterocycles. The number of allylic oxidation sites excluding steroid dienone is 1. The van der Waals surface area contributed by atoms with Crippen molar-refractivity contribution in [2.24, 2.45) is 34.5 Å². The first-order chi connectivity index (χ1) is 16.7. The molecule has 6 rings (SSSR count). The fourth-order valence-electron chi connectivity index (χ4n) is 9.48. The highest BCUT2D eigenvalue weighted by Gasteiger charge is 2.63. The van der Waals surface area contributed by atoms with Gasteiger partial charge in [0.05, 0.1) is 5.56 Å². The second-order valence-electron chi connectivity index (χ2n) is 12.9. The molecule has 4 nitrogen and oxygen atoms in total. The van der Waals surface area contributed by atoms with E-state index in [-0.39, 0.29) is 34.5 Å². The summed E-state index contributed by atoms with van der Waals surface area (Å²) in [6.07, 6.45) is 13.0. The average Bonchev–Trinajstić information content (AvgIpc) is 3.39. The van der Waals surface area contributed by atoms with E-state index in [1.165, 1.54) is 31.3 Å². The highest BCUT2D eigenvalue weighted by atomic mass is 16.6. The number of ether oxygens (including phenoxy) is 2. The second kappa shape index (κ2) is 8.21. The Morgan fingerprint density at radius 1 is 0.971 bits per heavy atom. The van der Waals surface area contributed by atoms with Gasteiger partial charge in [0.25, 0.3) is 0 Å². The third-order valence-electron chi connectivity index (χ3n) is 11.3. The minimum absolute atomic E-state index is 0.00397. The maximum absolute atomic E-state index is 12.7. The number of cyclic esters (lactones) is 1. The van der Waals surface area contributed by atoms with E-state index in [1.54, 1.807) is 0 Å². The number of carbonyl (C=O) groups excluding carboxylic acids is 2. The van der Waals surface area contributed by atoms with Crippen molar-refractivity contribution in [2.45, 2.75) is 96.7 Å². The number of rotatable bonds is 3. The lowest BCUT2D eigenvalue weighted by molar-refractivity contribution is -0.158. The van der Waals surface area contributed by atoms with Crippen LogP contribution in [-0.4, -0.2) is 23.6 Å². The standard InChI is InChI=1S/C31H40O4/c1-29-16-13-22(34-28(33)20-7-5-4-6-8-20)19-21(29)9-10-23-24-11-12-26(30(24,2)17-14-25(23)29)31(3)18-15-27(32)35-31/h4-9,22-26H,10-19H2,1-3H3/t22-,23+,24-,25+,26-,29+,30+,31-/m1/s1. The minimum Gasteiger partial charge on any atom is -0.459 e. The lowest BCUT2D eigenvalue weighted by Crippen LogP contribution is -2.53. The quantitative estimate of drug-likeness (QED) is 0.352. The summed E-state index contributed by atoms with van der Waals surface area (Å²) in [4.78, 5) is 24.7. The van der Waals surface area contributed by atoms with Gasteiger partial charge >= 0.3 is 11.9 Å². The van der Waals surface area contributed by atoms with E-state index < -0.39 is 0 Å². The molecular formula is C31H40O4. The summed E-state index contributed by atoms with van der Waals surface area (Å²) in [6.45, 7) is 7.23. The molecule has 0 spiro atoms. The van der Waals surface area contributed by atoms with Crippen molar-refractivity contribution in [3.05, 3.63) is 47.5 Å². The maximum atomic E-state index is 12.7. The molecule has 0 bridgehead atoms. The Bertz CT molecular complexity index is 1050. The summed E-state index contributed by atoms with van der Waals surface area (Å²) in [7, 11) is 0. The van der Waals surface area contributed by atoms with Gasteiger partial charge in [-0.15, -0.1) is 0 Å². The number of hydrogen-bond acceptors (Lipinski definition) is 4. The number of hydrogen-bond donors (Lipinski definition) is 0. The van der Waals surface area contributed by atoms with Crippen LogP contribution in [0.2, 0.25) is 0 Å². The molecule has 5 aliphatic rings. The van der Waals surface area contributed by atoms with Crippen LogP contribution in [0.5, 0.6) is 0 Å². The molecule has 0 radical (unpaired) electrons. The Kier molecular flexibility index (Phi) is 5.47. The molecule has 4 heteroatoms. The van der Waals surface area contributed by atoms with Gasteiger partial charge in [-0.1, -0.05) is 43.7 Å². The summed E-state index contributed by atoms with van der Waals surface area (Å²) in [5.74, 6) is 2.43. The molecule has 188 valence electrons. The molecule has 3 saturated carbocycles. The first kappa shape index (κ1) is 23.3. The normalized spacial score (nSPS) is 44.5. The zero-order valence-electron chi connectivity index (χ0n) is 21.6. The first-order valence-electron chi connectivity index (χ1n) is 13.9. The van der Waals surface area contributed by atoms with Crippen LogP contribution in [0.1, 0.15) is 95.3 Å². The van der Waals surface area contributed by atoms with Crippen LogP contribution in [0.15, 0.2) is 42.0 Å². The predicted molar refractivity (Wildman–Crippen MR) is 135 cm³/mol. The third kappa shape index (κ3) is 3.61. The van der Waals surface area contributed by atoms with Crippen molar-refractivity contribution in [2.75, 3.05) is 0 Å². The van der Waals surface area contributed by atoms with Crippen molar-refractivity contribution in [3.8, 4) is 0 Å². The summed E-state index contributed by atoms with van der Waals surface area (Å²) in [6, 6.07) is 9.37. The molecule has 0 aromatic heterocycles. The molecule has 8 atom stereocenters. The van der Waals surface area contributed by atoms with Gasteiger partial charge in [0.2, 0.25) is 0 Å². The van der Waals surface area contributed by atoms with Crippen LogP contribution < -0.4 is 0 Å². The van der Waals surface area contributed by atoms with Crippen molar-refractivity contribution >= 4 is 11.9 Å². The average molecular weight is 477 g/mol. The van der Waals surface area contributed by atoms with Crippen LogP contribution in [0.25, 0.3) is 0 Å². The van der Waals surface area contributed by atoms with Crippen LogP contribution in [0, 0.1) is 34.5 Å². The van der Waals surface area contributed by atoms with E-state index in [1.807, 2.05) is 30.3 Å². The molecular weight excluding hydrogens is 436 g/mol. The molecule has 0 N–H and O–H groups in total. The fourth-order valence-corrected chi connectivity index (χ4v) is 9.48. The van der Waals surface area contributed by atoms with E-state index in [0.717, 1.165) is 38.0 Å². The van der Waals surface area contributed by atoms with Crippen molar-refractivity contribution in [1.29, 1.82) is 0 Å². The van der Waals surface area contributed by atoms with E-state index >= 15 is 0 Å². The van der Waals surface area contributed by atoms with Crippen LogP contribution in [0.4, 0.5) is 0 Å². The van der Waals surface area contributed by atoms with Gasteiger partial charge in [-0.3, -0.25) is 4.79 Å². The lowest BCUT2D eigenvalue weighted by Gasteiger charge is -2.59. The first-order valence-corrected chi connectivity index (χ1v) is 13.9. The largest absolute Gasteiger partial charge is 0.459 e. The Morgan fingerprint density at radius 2 is 1.77 bits per heavy atom. The lowest BCUT2D eigenvalue weighted by atomic mass is 9.46. The maximum Gasteiger partial charge on any atom is 0.338 e. The Hall–Kier alpha value is -2.10. The molecule has 0 unspecified atom stereocenters. The number of carbonyl (C=O) groups is 2. The number of esters is 2. The summed E-state index contributed by atoms with van der Waals surface area (Å²) < 4.78 is 11.9. The molecule has 0 amide bonds. The molecule has 1 aliphatic heterocycles. The minimum atomic E-state index is -0.270. The SMILES string of the molecule is C[C@]12CC[C@H]3[C@@H](CC=C4C[C@H](OC(=O)c5ccccc5)CC[C@@]43C)[C@H]1CC[C@H]2[C@@]1(C)CCC(=O)O1. The van der Waals surface area contributed by atoms with Crippen molar-refractivity contribution in [1.82, 2.24) is 0 Å². The van der Waals surface area contributed by atoms with E-state index in [9.17, 15) is 9.59 Å². The van der Waals surface area contributed by atoms with Gasteiger partial charge < -0.3 is 9.47 Å². The van der Waals surface area contributed by atoms with Gasteiger partial charge in [-0.2, -0.15) is 0 Å². The third-order valence-corrected chi connectivity index (χ3v) is 11.3. The Labute approximate surface area is 209 Å². The van der Waals surface area contributed by atoms with Crippen LogP contribution in [0.3, 0.4) is 0 Å². The summed E-state index contributed by atoms with van der Waals surface area (Å²) in [5, 5.41) is 0. The van der Waals surface area contributed by atoms with Crippen molar-refractivity contribution in [3.63, 3.8) is 0 Å². The highest BCUT2D eigenvalue weighted by Crippen LogP contribution is 2.68. The van der Waals surface area contributed by atoms with Gasteiger partial charge in [-0.05, 0) is 99.0 Å². The molecule has 1 aromatic carbocycles. The molecule has 4 aliphatic carbocycles. The van der Waals surface area contributed by atoms with Gasteiger partial charge in [-0.25, -0.2) is 4.79 Å².